The van der Waals surface area contributed by atoms with E-state index in [4.69, 9.17) is 9.47 Å². The monoisotopic (exact) mass is 398 g/mol. The number of esters is 1. The summed E-state index contributed by atoms with van der Waals surface area (Å²) in [6.45, 7) is 7.16. The lowest BCUT2D eigenvalue weighted by atomic mass is 10.2. The van der Waals surface area contributed by atoms with Gasteiger partial charge >= 0.3 is 12.1 Å². The summed E-state index contributed by atoms with van der Waals surface area (Å²) in [6, 6.07) is 15.6. The maximum atomic E-state index is 12.2. The lowest BCUT2D eigenvalue weighted by Gasteiger charge is -2.19. The van der Waals surface area contributed by atoms with Gasteiger partial charge < -0.3 is 14.8 Å². The largest absolute Gasteiger partial charge is 0.449 e. The molecule has 1 atom stereocenters. The van der Waals surface area contributed by atoms with Crippen LogP contribution in [0.1, 0.15) is 43.6 Å². The minimum atomic E-state index is -0.939. The van der Waals surface area contributed by atoms with E-state index >= 15 is 0 Å². The van der Waals surface area contributed by atoms with Crippen LogP contribution in [0.15, 0.2) is 54.6 Å². The molecule has 0 aromatic heterocycles. The molecule has 154 valence electrons. The van der Waals surface area contributed by atoms with E-state index in [0.717, 1.165) is 5.56 Å². The summed E-state index contributed by atoms with van der Waals surface area (Å²) in [5.74, 6) is -1.01. The van der Waals surface area contributed by atoms with Crippen molar-refractivity contribution >= 4 is 23.7 Å². The second kappa shape index (κ2) is 9.73. The first-order valence-corrected chi connectivity index (χ1v) is 9.27. The molecule has 0 heterocycles. The van der Waals surface area contributed by atoms with Crippen LogP contribution in [0.3, 0.4) is 0 Å². The Hall–Kier alpha value is -3.35. The van der Waals surface area contributed by atoms with Crippen molar-refractivity contribution in [1.29, 1.82) is 0 Å². The van der Waals surface area contributed by atoms with Crippen LogP contribution in [0.4, 0.5) is 10.5 Å². The maximum absolute atomic E-state index is 12.2. The number of amides is 2. The van der Waals surface area contributed by atoms with Crippen molar-refractivity contribution in [3.63, 3.8) is 0 Å². The highest BCUT2D eigenvalue weighted by Gasteiger charge is 2.19. The number of carbonyl (C=O) groups excluding carboxylic acids is 3. The quantitative estimate of drug-likeness (QED) is 0.720. The summed E-state index contributed by atoms with van der Waals surface area (Å²) in [7, 11) is 0. The van der Waals surface area contributed by atoms with Crippen LogP contribution in [-0.4, -0.2) is 29.7 Å². The number of hydrogen-bond acceptors (Lipinski definition) is 5. The molecule has 7 heteroatoms. The van der Waals surface area contributed by atoms with Gasteiger partial charge in [0.15, 0.2) is 6.10 Å². The lowest BCUT2D eigenvalue weighted by Crippen LogP contribution is -2.35. The molecule has 2 N–H and O–H groups in total. The molecule has 2 rings (SSSR count). The topological polar surface area (TPSA) is 93.7 Å². The third-order valence-electron chi connectivity index (χ3n) is 3.73. The SMILES string of the molecule is CC(OC(=O)c1ccc(NC(=O)OC(C)(C)C)cc1)C(=O)NCc1ccccc1. The Morgan fingerprint density at radius 3 is 2.17 bits per heavy atom. The summed E-state index contributed by atoms with van der Waals surface area (Å²) in [6.07, 6.45) is -1.53. The van der Waals surface area contributed by atoms with E-state index in [2.05, 4.69) is 10.6 Å². The molecule has 0 spiro atoms. The normalized spacial score (nSPS) is 11.9. The fraction of sp³-hybridized carbons (Fsp3) is 0.318. The Kier molecular flexibility index (Phi) is 7.36. The highest BCUT2D eigenvalue weighted by Crippen LogP contribution is 2.14. The van der Waals surface area contributed by atoms with Crippen LogP contribution in [0.2, 0.25) is 0 Å². The number of ether oxygens (including phenoxy) is 2. The van der Waals surface area contributed by atoms with Crippen LogP contribution in [-0.2, 0) is 20.8 Å². The molecule has 0 aliphatic heterocycles. The van der Waals surface area contributed by atoms with Gasteiger partial charge in [0.2, 0.25) is 0 Å². The third kappa shape index (κ3) is 7.65. The highest BCUT2D eigenvalue weighted by atomic mass is 16.6. The van der Waals surface area contributed by atoms with E-state index < -0.39 is 23.8 Å². The van der Waals surface area contributed by atoms with Gasteiger partial charge in [-0.2, -0.15) is 0 Å². The Bertz CT molecular complexity index is 842. The molecule has 0 aliphatic rings. The molecule has 0 radical (unpaired) electrons. The lowest BCUT2D eigenvalue weighted by molar-refractivity contribution is -0.129. The minimum Gasteiger partial charge on any atom is -0.449 e. The van der Waals surface area contributed by atoms with Crippen molar-refractivity contribution in [1.82, 2.24) is 5.32 Å². The molecule has 7 nitrogen and oxygen atoms in total. The van der Waals surface area contributed by atoms with Gasteiger partial charge in [-0.05, 0) is 57.5 Å². The zero-order valence-electron chi connectivity index (χ0n) is 17.0. The average Bonchev–Trinajstić information content (AvgIpc) is 2.65. The first-order chi connectivity index (χ1) is 13.6. The van der Waals surface area contributed by atoms with Crippen molar-refractivity contribution in [2.45, 2.75) is 45.9 Å². The number of hydrogen-bond donors (Lipinski definition) is 2. The molecule has 0 saturated heterocycles. The van der Waals surface area contributed by atoms with Crippen LogP contribution in [0, 0.1) is 0 Å². The van der Waals surface area contributed by atoms with Crippen LogP contribution >= 0.6 is 0 Å². The fourth-order valence-corrected chi connectivity index (χ4v) is 2.32. The number of rotatable bonds is 6. The zero-order valence-corrected chi connectivity index (χ0v) is 17.0. The van der Waals surface area contributed by atoms with Gasteiger partial charge in [-0.3, -0.25) is 10.1 Å². The maximum Gasteiger partial charge on any atom is 0.412 e. The second-order valence-corrected chi connectivity index (χ2v) is 7.46. The molecular weight excluding hydrogens is 372 g/mol. The van der Waals surface area contributed by atoms with Gasteiger partial charge in [-0.15, -0.1) is 0 Å². The molecule has 0 saturated carbocycles. The Morgan fingerprint density at radius 1 is 0.966 bits per heavy atom. The number of benzene rings is 2. The Morgan fingerprint density at radius 2 is 1.59 bits per heavy atom. The third-order valence-corrected chi connectivity index (χ3v) is 3.73. The number of nitrogens with one attached hydrogen (secondary N) is 2. The predicted molar refractivity (Wildman–Crippen MR) is 109 cm³/mol. The van der Waals surface area contributed by atoms with Crippen molar-refractivity contribution in [2.75, 3.05) is 5.32 Å². The average molecular weight is 398 g/mol. The molecule has 29 heavy (non-hydrogen) atoms. The van der Waals surface area contributed by atoms with Crippen molar-refractivity contribution in [3.05, 3.63) is 65.7 Å². The molecule has 2 aromatic rings. The number of carbonyl (C=O) groups is 3. The molecule has 1 unspecified atom stereocenters. The molecule has 2 aromatic carbocycles. The van der Waals surface area contributed by atoms with Crippen LogP contribution < -0.4 is 10.6 Å². The Labute approximate surface area is 170 Å². The number of anilines is 1. The summed E-state index contributed by atoms with van der Waals surface area (Å²) < 4.78 is 10.4. The van der Waals surface area contributed by atoms with Gasteiger partial charge in [0, 0.05) is 12.2 Å². The zero-order chi connectivity index (χ0) is 21.4. The van der Waals surface area contributed by atoms with E-state index in [1.165, 1.54) is 19.1 Å². The van der Waals surface area contributed by atoms with E-state index in [1.54, 1.807) is 32.9 Å². The fourth-order valence-electron chi connectivity index (χ4n) is 2.32. The molecule has 2 amide bonds. The molecule has 0 bridgehead atoms. The van der Waals surface area contributed by atoms with Crippen LogP contribution in [0.5, 0.6) is 0 Å². The van der Waals surface area contributed by atoms with E-state index in [9.17, 15) is 14.4 Å². The van der Waals surface area contributed by atoms with Crippen molar-refractivity contribution in [2.24, 2.45) is 0 Å². The molecular formula is C22H26N2O5. The van der Waals surface area contributed by atoms with Gasteiger partial charge in [0.05, 0.1) is 5.56 Å². The first-order valence-electron chi connectivity index (χ1n) is 9.27. The van der Waals surface area contributed by atoms with E-state index in [-0.39, 0.29) is 11.5 Å². The van der Waals surface area contributed by atoms with Gasteiger partial charge in [-0.25, -0.2) is 9.59 Å². The molecule has 0 fully saturated rings. The smallest absolute Gasteiger partial charge is 0.412 e. The first kappa shape index (κ1) is 21.9. The minimum absolute atomic E-state index is 0.266. The highest BCUT2D eigenvalue weighted by molar-refractivity contribution is 5.93. The van der Waals surface area contributed by atoms with Crippen molar-refractivity contribution in [3.8, 4) is 0 Å². The molecule has 0 aliphatic carbocycles. The summed E-state index contributed by atoms with van der Waals surface area (Å²) in [5, 5.41) is 5.31. The van der Waals surface area contributed by atoms with Crippen molar-refractivity contribution < 1.29 is 23.9 Å². The summed E-state index contributed by atoms with van der Waals surface area (Å²) in [4.78, 5) is 36.1. The predicted octanol–water partition coefficient (Wildman–Crippen LogP) is 3.90. The van der Waals surface area contributed by atoms with E-state index in [1.807, 2.05) is 30.3 Å². The second-order valence-electron chi connectivity index (χ2n) is 7.46. The Balaban J connectivity index is 1.84. The van der Waals surface area contributed by atoms with Gasteiger partial charge in [0.25, 0.3) is 5.91 Å². The summed E-state index contributed by atoms with van der Waals surface area (Å²) >= 11 is 0. The van der Waals surface area contributed by atoms with Gasteiger partial charge in [-0.1, -0.05) is 30.3 Å². The van der Waals surface area contributed by atoms with E-state index in [0.29, 0.717) is 12.2 Å². The standard InChI is InChI=1S/C22H26N2O5/c1-15(19(25)23-14-16-8-6-5-7-9-16)28-20(26)17-10-12-18(13-11-17)24-21(27)29-22(2,3)4/h5-13,15H,14H2,1-4H3,(H,23,25)(H,24,27). The van der Waals surface area contributed by atoms with Crippen LogP contribution in [0.25, 0.3) is 0 Å². The van der Waals surface area contributed by atoms with Gasteiger partial charge in [0.1, 0.15) is 5.60 Å². The summed E-state index contributed by atoms with van der Waals surface area (Å²) in [5.41, 5.74) is 1.09.